The van der Waals surface area contributed by atoms with Crippen LogP contribution in [0.25, 0.3) is 22.0 Å². The Hall–Kier alpha value is -2.32. The Morgan fingerprint density at radius 2 is 1.96 bits per heavy atom. The van der Waals surface area contributed by atoms with Gasteiger partial charge in [-0.15, -0.1) is 22.7 Å². The maximum atomic E-state index is 4.76. The Balaban J connectivity index is 1.56. The molecule has 0 amide bonds. The molecule has 3 aromatic rings. The second kappa shape index (κ2) is 6.89. The molecular weight excluding hydrogens is 352 g/mol. The molecule has 0 fully saturated rings. The first kappa shape index (κ1) is 16.2. The molecule has 4 rings (SSSR count). The molecule has 2 N–H and O–H groups in total. The van der Waals surface area contributed by atoms with Crippen LogP contribution in [-0.4, -0.2) is 34.0 Å². The number of aryl methyl sites for hydroxylation is 2. The fourth-order valence-electron chi connectivity index (χ4n) is 2.54. The molecule has 4 heterocycles. The van der Waals surface area contributed by atoms with Gasteiger partial charge in [-0.2, -0.15) is 0 Å². The molecular formula is C17H18N6S2. The first-order chi connectivity index (χ1) is 12.2. The van der Waals surface area contributed by atoms with Crippen LogP contribution in [0.4, 0.5) is 5.13 Å². The Bertz CT molecular complexity index is 927. The van der Waals surface area contributed by atoms with Crippen molar-refractivity contribution < 1.29 is 0 Å². The van der Waals surface area contributed by atoms with Gasteiger partial charge in [0.1, 0.15) is 16.4 Å². The van der Waals surface area contributed by atoms with Crippen LogP contribution in [0, 0.1) is 13.8 Å². The van der Waals surface area contributed by atoms with Crippen LogP contribution in [0.5, 0.6) is 0 Å². The monoisotopic (exact) mass is 370 g/mol. The third kappa shape index (κ3) is 3.54. The molecule has 3 aromatic heterocycles. The molecule has 0 unspecified atom stereocenters. The zero-order chi connectivity index (χ0) is 17.2. The summed E-state index contributed by atoms with van der Waals surface area (Å²) in [6.45, 7) is 5.86. The molecule has 128 valence electrons. The second-order valence-electron chi connectivity index (χ2n) is 5.86. The van der Waals surface area contributed by atoms with Crippen molar-refractivity contribution in [2.24, 2.45) is 4.99 Å². The van der Waals surface area contributed by atoms with Gasteiger partial charge in [-0.3, -0.25) is 9.98 Å². The quantitative estimate of drug-likeness (QED) is 0.735. The Morgan fingerprint density at radius 1 is 1.12 bits per heavy atom. The highest BCUT2D eigenvalue weighted by Gasteiger charge is 2.13. The first-order valence-corrected chi connectivity index (χ1v) is 9.85. The first-order valence-electron chi connectivity index (χ1n) is 8.09. The number of aromatic nitrogens is 3. The highest BCUT2D eigenvalue weighted by atomic mass is 32.1. The minimum atomic E-state index is 0.799. The van der Waals surface area contributed by atoms with E-state index in [0.29, 0.717) is 0 Å². The number of aliphatic imine (C=N–C) groups is 1. The summed E-state index contributed by atoms with van der Waals surface area (Å²) >= 11 is 3.18. The van der Waals surface area contributed by atoms with Crippen LogP contribution in [0.1, 0.15) is 17.7 Å². The summed E-state index contributed by atoms with van der Waals surface area (Å²) in [6.07, 6.45) is 2.96. The van der Waals surface area contributed by atoms with Gasteiger partial charge in [0.05, 0.1) is 0 Å². The van der Waals surface area contributed by atoms with E-state index in [1.165, 1.54) is 0 Å². The van der Waals surface area contributed by atoms with Gasteiger partial charge in [-0.1, -0.05) is 0 Å². The van der Waals surface area contributed by atoms with Gasteiger partial charge in [0.2, 0.25) is 0 Å². The number of nitrogens with one attached hydrogen (secondary N) is 2. The van der Waals surface area contributed by atoms with Crippen molar-refractivity contribution in [3.63, 3.8) is 0 Å². The topological polar surface area (TPSA) is 75.1 Å². The number of pyridine rings is 1. The molecule has 6 nitrogen and oxygen atoms in total. The van der Waals surface area contributed by atoms with Crippen LogP contribution in [0.15, 0.2) is 28.0 Å². The zero-order valence-electron chi connectivity index (χ0n) is 14.0. The molecule has 1 aliphatic rings. The van der Waals surface area contributed by atoms with Crippen molar-refractivity contribution in [2.45, 2.75) is 20.3 Å². The number of hydrogen-bond acceptors (Lipinski definition) is 8. The lowest BCUT2D eigenvalue weighted by molar-refractivity contribution is 0.740. The van der Waals surface area contributed by atoms with Gasteiger partial charge >= 0.3 is 0 Å². The number of thiazole rings is 2. The second-order valence-corrected chi connectivity index (χ2v) is 7.57. The molecule has 25 heavy (non-hydrogen) atoms. The van der Waals surface area contributed by atoms with Crippen molar-refractivity contribution >= 4 is 33.8 Å². The van der Waals surface area contributed by atoms with Crippen LogP contribution in [0.3, 0.4) is 0 Å². The average molecular weight is 371 g/mol. The molecule has 0 spiro atoms. The van der Waals surface area contributed by atoms with Crippen molar-refractivity contribution in [3.05, 3.63) is 34.3 Å². The molecule has 0 radical (unpaired) electrons. The van der Waals surface area contributed by atoms with Gasteiger partial charge < -0.3 is 10.6 Å². The standard InChI is InChI=1S/C17H18N6S2/c1-10-6-12(11(2)20-7-10)15-21-13(8-24-15)14-9-25-17(22-14)23-16-18-4-3-5-19-16/h6-9H,3-5H2,1-2H3,(H2,18,19,22,23). The van der Waals surface area contributed by atoms with Gasteiger partial charge in [0.15, 0.2) is 11.1 Å². The van der Waals surface area contributed by atoms with E-state index in [1.54, 1.807) is 22.7 Å². The van der Waals surface area contributed by atoms with E-state index >= 15 is 0 Å². The third-order valence-corrected chi connectivity index (χ3v) is 5.48. The van der Waals surface area contributed by atoms with Crippen molar-refractivity contribution in [2.75, 3.05) is 18.4 Å². The Kier molecular flexibility index (Phi) is 4.46. The van der Waals surface area contributed by atoms with E-state index < -0.39 is 0 Å². The lowest BCUT2D eigenvalue weighted by Crippen LogP contribution is -2.35. The lowest BCUT2D eigenvalue weighted by atomic mass is 10.1. The number of guanidine groups is 1. The molecule has 0 aliphatic carbocycles. The summed E-state index contributed by atoms with van der Waals surface area (Å²) < 4.78 is 0. The van der Waals surface area contributed by atoms with E-state index in [4.69, 9.17) is 4.98 Å². The summed E-state index contributed by atoms with van der Waals surface area (Å²) in [5.74, 6) is 0.799. The molecule has 0 saturated carbocycles. The lowest BCUT2D eigenvalue weighted by Gasteiger charge is -2.13. The van der Waals surface area contributed by atoms with E-state index in [9.17, 15) is 0 Å². The van der Waals surface area contributed by atoms with Gasteiger partial charge in [0, 0.05) is 41.3 Å². The summed E-state index contributed by atoms with van der Waals surface area (Å²) in [4.78, 5) is 18.2. The van der Waals surface area contributed by atoms with Crippen molar-refractivity contribution in [1.82, 2.24) is 20.3 Å². The third-order valence-electron chi connectivity index (χ3n) is 3.85. The van der Waals surface area contributed by atoms with Crippen molar-refractivity contribution in [3.8, 4) is 22.0 Å². The summed E-state index contributed by atoms with van der Waals surface area (Å²) in [5.41, 5.74) is 4.99. The maximum Gasteiger partial charge on any atom is 0.197 e. The highest BCUT2D eigenvalue weighted by Crippen LogP contribution is 2.32. The van der Waals surface area contributed by atoms with Crippen LogP contribution >= 0.6 is 22.7 Å². The predicted molar refractivity (Wildman–Crippen MR) is 104 cm³/mol. The normalized spacial score (nSPS) is 14.1. The number of nitrogens with zero attached hydrogens (tertiary/aromatic N) is 4. The summed E-state index contributed by atoms with van der Waals surface area (Å²) in [7, 11) is 0. The molecule has 1 aliphatic heterocycles. The SMILES string of the molecule is Cc1cnc(C)c(-c2nc(-c3csc(NC4=NCCCN4)n3)cs2)c1. The van der Waals surface area contributed by atoms with Gasteiger partial charge in [-0.25, -0.2) is 9.97 Å². The minimum Gasteiger partial charge on any atom is -0.356 e. The van der Waals surface area contributed by atoms with Crippen LogP contribution in [0.2, 0.25) is 0 Å². The average Bonchev–Trinajstić information content (AvgIpc) is 3.27. The number of hydrogen-bond donors (Lipinski definition) is 2. The van der Waals surface area contributed by atoms with Gasteiger partial charge in [-0.05, 0) is 31.9 Å². The summed E-state index contributed by atoms with van der Waals surface area (Å²) in [5, 5.41) is 12.3. The smallest absolute Gasteiger partial charge is 0.197 e. The van der Waals surface area contributed by atoms with Crippen LogP contribution < -0.4 is 10.6 Å². The van der Waals surface area contributed by atoms with Crippen LogP contribution in [-0.2, 0) is 0 Å². The molecule has 0 saturated heterocycles. The minimum absolute atomic E-state index is 0.799. The largest absolute Gasteiger partial charge is 0.356 e. The molecule has 0 aromatic carbocycles. The van der Waals surface area contributed by atoms with E-state index in [-0.39, 0.29) is 0 Å². The predicted octanol–water partition coefficient (Wildman–Crippen LogP) is 3.71. The zero-order valence-corrected chi connectivity index (χ0v) is 15.7. The molecule has 8 heteroatoms. The number of anilines is 1. The fraction of sp³-hybridized carbons (Fsp3) is 0.294. The van der Waals surface area contributed by atoms with Crippen molar-refractivity contribution in [1.29, 1.82) is 0 Å². The fourth-order valence-corrected chi connectivity index (χ4v) is 4.12. The highest BCUT2D eigenvalue weighted by molar-refractivity contribution is 7.14. The number of rotatable bonds is 3. The Morgan fingerprint density at radius 3 is 2.80 bits per heavy atom. The summed E-state index contributed by atoms with van der Waals surface area (Å²) in [6, 6.07) is 2.13. The maximum absolute atomic E-state index is 4.76. The Labute approximate surface area is 154 Å². The molecule has 0 bridgehead atoms. The van der Waals surface area contributed by atoms with E-state index in [1.807, 2.05) is 30.8 Å². The van der Waals surface area contributed by atoms with Gasteiger partial charge in [0.25, 0.3) is 0 Å². The van der Waals surface area contributed by atoms with E-state index in [2.05, 4.69) is 31.7 Å². The molecule has 0 atom stereocenters. The van der Waals surface area contributed by atoms with E-state index in [0.717, 1.165) is 63.8 Å².